The van der Waals surface area contributed by atoms with Gasteiger partial charge < -0.3 is 10.1 Å². The number of aromatic nitrogens is 3. The maximum atomic E-state index is 13.1. The van der Waals surface area contributed by atoms with Crippen LogP contribution in [0.2, 0.25) is 0 Å². The second-order valence-electron chi connectivity index (χ2n) is 4.97. The average molecular weight is 354 g/mol. The monoisotopic (exact) mass is 354 g/mol. The molecular formula is C15H10F4N4O2. The highest BCUT2D eigenvalue weighted by Crippen LogP contribution is 2.22. The van der Waals surface area contributed by atoms with Gasteiger partial charge in [-0.05, 0) is 36.4 Å². The lowest BCUT2D eigenvalue weighted by molar-refractivity contribution is -0.274. The van der Waals surface area contributed by atoms with Gasteiger partial charge >= 0.3 is 6.36 Å². The Morgan fingerprint density at radius 2 is 1.88 bits per heavy atom. The molecule has 0 unspecified atom stereocenters. The van der Waals surface area contributed by atoms with Crippen LogP contribution in [0.4, 0.5) is 17.6 Å². The van der Waals surface area contributed by atoms with E-state index in [9.17, 15) is 22.4 Å². The molecule has 2 heterocycles. The van der Waals surface area contributed by atoms with E-state index >= 15 is 0 Å². The molecule has 0 fully saturated rings. The topological polar surface area (TPSA) is 68.5 Å². The standard InChI is InChI=1S/C15H10F4N4O2/c16-10-3-6-13-12(21-22-23(13)8-10)7-20-14(24)9-1-4-11(5-2-9)25-15(17,18)19/h1-6,8H,7H2,(H,20,24). The third-order valence-corrected chi connectivity index (χ3v) is 3.22. The van der Waals surface area contributed by atoms with E-state index in [-0.39, 0.29) is 12.1 Å². The number of amides is 1. The summed E-state index contributed by atoms with van der Waals surface area (Å²) in [5.74, 6) is -1.41. The van der Waals surface area contributed by atoms with Crippen molar-refractivity contribution in [1.82, 2.24) is 20.1 Å². The van der Waals surface area contributed by atoms with Gasteiger partial charge in [0, 0.05) is 5.56 Å². The van der Waals surface area contributed by atoms with Gasteiger partial charge in [0.1, 0.15) is 17.3 Å². The van der Waals surface area contributed by atoms with Crippen molar-refractivity contribution in [3.05, 3.63) is 59.7 Å². The number of rotatable bonds is 4. The average Bonchev–Trinajstić information content (AvgIpc) is 2.94. The van der Waals surface area contributed by atoms with E-state index in [1.807, 2.05) is 0 Å². The van der Waals surface area contributed by atoms with E-state index in [0.717, 1.165) is 18.3 Å². The molecular weight excluding hydrogens is 344 g/mol. The Morgan fingerprint density at radius 3 is 2.56 bits per heavy atom. The van der Waals surface area contributed by atoms with Crippen molar-refractivity contribution < 1.29 is 27.1 Å². The summed E-state index contributed by atoms with van der Waals surface area (Å²) in [6.07, 6.45) is -3.65. The number of benzene rings is 1. The van der Waals surface area contributed by atoms with Crippen molar-refractivity contribution in [2.24, 2.45) is 0 Å². The molecule has 0 aliphatic rings. The molecule has 0 radical (unpaired) electrons. The largest absolute Gasteiger partial charge is 0.573 e. The maximum absolute atomic E-state index is 13.1. The van der Waals surface area contributed by atoms with Crippen LogP contribution in [0.15, 0.2) is 42.6 Å². The summed E-state index contributed by atoms with van der Waals surface area (Å²) in [6.45, 7) is 0.0226. The molecule has 0 bridgehead atoms. The van der Waals surface area contributed by atoms with Crippen molar-refractivity contribution in [2.45, 2.75) is 12.9 Å². The summed E-state index contributed by atoms with van der Waals surface area (Å²) < 4.78 is 54.3. The zero-order chi connectivity index (χ0) is 18.0. The Hall–Kier alpha value is -3.17. The number of fused-ring (bicyclic) bond motifs is 1. The molecule has 0 aliphatic heterocycles. The zero-order valence-corrected chi connectivity index (χ0v) is 12.4. The van der Waals surface area contributed by atoms with Gasteiger partial charge in [0.15, 0.2) is 0 Å². The molecule has 130 valence electrons. The molecule has 0 atom stereocenters. The first-order chi connectivity index (χ1) is 11.8. The molecule has 2 aromatic heterocycles. The Morgan fingerprint density at radius 1 is 1.16 bits per heavy atom. The van der Waals surface area contributed by atoms with E-state index in [1.165, 1.54) is 28.8 Å². The number of nitrogens with one attached hydrogen (secondary N) is 1. The quantitative estimate of drug-likeness (QED) is 0.732. The van der Waals surface area contributed by atoms with E-state index in [1.54, 1.807) is 0 Å². The number of pyridine rings is 1. The first kappa shape index (κ1) is 16.7. The number of halogens is 4. The van der Waals surface area contributed by atoms with Crippen molar-refractivity contribution in [3.63, 3.8) is 0 Å². The number of carbonyl (C=O) groups is 1. The van der Waals surface area contributed by atoms with Crippen LogP contribution in [0, 0.1) is 5.82 Å². The van der Waals surface area contributed by atoms with Crippen LogP contribution >= 0.6 is 0 Å². The Kier molecular flexibility index (Phi) is 4.26. The van der Waals surface area contributed by atoms with Crippen molar-refractivity contribution in [2.75, 3.05) is 0 Å². The highest BCUT2D eigenvalue weighted by atomic mass is 19.4. The fourth-order valence-corrected chi connectivity index (χ4v) is 2.12. The maximum Gasteiger partial charge on any atom is 0.573 e. The molecule has 1 N–H and O–H groups in total. The minimum atomic E-state index is -4.79. The van der Waals surface area contributed by atoms with Gasteiger partial charge in [0.25, 0.3) is 5.91 Å². The van der Waals surface area contributed by atoms with Crippen LogP contribution in [-0.4, -0.2) is 27.1 Å². The molecule has 0 spiro atoms. The van der Waals surface area contributed by atoms with E-state index in [2.05, 4.69) is 20.4 Å². The van der Waals surface area contributed by atoms with Crippen LogP contribution in [-0.2, 0) is 6.54 Å². The number of ether oxygens (including phenoxy) is 1. The molecule has 10 heteroatoms. The number of alkyl halides is 3. The summed E-state index contributed by atoms with van der Waals surface area (Å²) in [5.41, 5.74) is 1.10. The Balaban J connectivity index is 1.65. The summed E-state index contributed by atoms with van der Waals surface area (Å²) in [6, 6.07) is 7.20. The van der Waals surface area contributed by atoms with Gasteiger partial charge in [-0.15, -0.1) is 18.3 Å². The fourth-order valence-electron chi connectivity index (χ4n) is 2.12. The zero-order valence-electron chi connectivity index (χ0n) is 12.4. The van der Waals surface area contributed by atoms with E-state index in [0.29, 0.717) is 11.2 Å². The van der Waals surface area contributed by atoms with Crippen molar-refractivity contribution in [1.29, 1.82) is 0 Å². The summed E-state index contributed by atoms with van der Waals surface area (Å²) in [7, 11) is 0. The predicted molar refractivity (Wildman–Crippen MR) is 77.2 cm³/mol. The molecule has 1 amide bonds. The summed E-state index contributed by atoms with van der Waals surface area (Å²) in [5, 5.41) is 10.1. The smallest absolute Gasteiger partial charge is 0.406 e. The highest BCUT2D eigenvalue weighted by Gasteiger charge is 2.31. The number of hydrogen-bond acceptors (Lipinski definition) is 4. The molecule has 25 heavy (non-hydrogen) atoms. The Labute approximate surface area is 138 Å². The van der Waals surface area contributed by atoms with Crippen molar-refractivity contribution in [3.8, 4) is 5.75 Å². The second-order valence-corrected chi connectivity index (χ2v) is 4.97. The van der Waals surface area contributed by atoms with Crippen LogP contribution in [0.1, 0.15) is 16.1 Å². The molecule has 0 saturated carbocycles. The van der Waals surface area contributed by atoms with Gasteiger partial charge in [-0.3, -0.25) is 4.79 Å². The van der Waals surface area contributed by atoms with Gasteiger partial charge in [-0.1, -0.05) is 5.21 Å². The van der Waals surface area contributed by atoms with Gasteiger partial charge in [0.05, 0.1) is 18.3 Å². The molecule has 1 aromatic carbocycles. The minimum Gasteiger partial charge on any atom is -0.406 e. The SMILES string of the molecule is O=C(NCc1nnn2cc(F)ccc12)c1ccc(OC(F)(F)F)cc1. The molecule has 3 aromatic rings. The third kappa shape index (κ3) is 4.03. The number of nitrogens with zero attached hydrogens (tertiary/aromatic N) is 3. The van der Waals surface area contributed by atoms with Gasteiger partial charge in [-0.25, -0.2) is 8.91 Å². The first-order valence-corrected chi connectivity index (χ1v) is 6.95. The molecule has 0 aliphatic carbocycles. The molecule has 0 saturated heterocycles. The second kappa shape index (κ2) is 6.38. The van der Waals surface area contributed by atoms with Crippen LogP contribution in [0.25, 0.3) is 5.52 Å². The van der Waals surface area contributed by atoms with Crippen LogP contribution < -0.4 is 10.1 Å². The van der Waals surface area contributed by atoms with Gasteiger partial charge in [0.2, 0.25) is 0 Å². The fraction of sp³-hybridized carbons (Fsp3) is 0.133. The van der Waals surface area contributed by atoms with E-state index < -0.39 is 23.8 Å². The lowest BCUT2D eigenvalue weighted by Crippen LogP contribution is -2.23. The lowest BCUT2D eigenvalue weighted by atomic mass is 10.2. The van der Waals surface area contributed by atoms with Crippen LogP contribution in [0.5, 0.6) is 5.75 Å². The van der Waals surface area contributed by atoms with Crippen molar-refractivity contribution >= 4 is 11.4 Å². The van der Waals surface area contributed by atoms with E-state index in [4.69, 9.17) is 0 Å². The predicted octanol–water partition coefficient (Wildman–Crippen LogP) is 2.70. The minimum absolute atomic E-state index is 0.0226. The summed E-state index contributed by atoms with van der Waals surface area (Å²) >= 11 is 0. The number of hydrogen-bond donors (Lipinski definition) is 1. The molecule has 3 rings (SSSR count). The third-order valence-electron chi connectivity index (χ3n) is 3.22. The lowest BCUT2D eigenvalue weighted by Gasteiger charge is -2.09. The first-order valence-electron chi connectivity index (χ1n) is 6.95. The Bertz CT molecular complexity index is 906. The highest BCUT2D eigenvalue weighted by molar-refractivity contribution is 5.94. The van der Waals surface area contributed by atoms with Gasteiger partial charge in [-0.2, -0.15) is 0 Å². The molecule has 6 nitrogen and oxygen atoms in total. The normalized spacial score (nSPS) is 11.5. The van der Waals surface area contributed by atoms with Crippen LogP contribution in [0.3, 0.4) is 0 Å². The summed E-state index contributed by atoms with van der Waals surface area (Å²) in [4.78, 5) is 12.0. The number of carbonyl (C=O) groups excluding carboxylic acids is 1.